The first-order chi connectivity index (χ1) is 6.57. The smallest absolute Gasteiger partial charge is 0.166 e. The minimum absolute atomic E-state index is 0.200. The summed E-state index contributed by atoms with van der Waals surface area (Å²) >= 11 is 5.75. The molecule has 0 fully saturated rings. The van der Waals surface area contributed by atoms with Crippen LogP contribution in [-0.4, -0.2) is 12.2 Å². The van der Waals surface area contributed by atoms with Crippen molar-refractivity contribution in [1.82, 2.24) is 5.48 Å². The van der Waals surface area contributed by atoms with Crippen LogP contribution in [0.2, 0.25) is 5.02 Å². The van der Waals surface area contributed by atoms with Crippen molar-refractivity contribution in [2.24, 2.45) is 0 Å². The second-order valence-electron chi connectivity index (χ2n) is 2.82. The molecule has 0 aliphatic rings. The quantitative estimate of drug-likeness (QED) is 0.766. The molecule has 2 N–H and O–H groups in total. The maximum Gasteiger partial charge on any atom is 0.166 e. The van der Waals surface area contributed by atoms with Crippen LogP contribution in [0, 0.1) is 12.7 Å². The molecule has 0 aliphatic heterocycles. The molecule has 14 heavy (non-hydrogen) atoms. The van der Waals surface area contributed by atoms with Gasteiger partial charge in [0, 0.05) is 10.6 Å². The third kappa shape index (κ3) is 2.15. The standard InChI is InChI=1S/C9H11ClFNO2/c1-5-6(4-12-14-2)9(13)8(11)3-7(5)10/h3,12-13H,4H2,1-2H3. The summed E-state index contributed by atoms with van der Waals surface area (Å²) in [5.41, 5.74) is 3.55. The van der Waals surface area contributed by atoms with E-state index in [1.807, 2.05) is 0 Å². The summed E-state index contributed by atoms with van der Waals surface area (Å²) in [5, 5.41) is 9.69. The fraction of sp³-hybridized carbons (Fsp3) is 0.333. The highest BCUT2D eigenvalue weighted by molar-refractivity contribution is 6.31. The van der Waals surface area contributed by atoms with Gasteiger partial charge >= 0.3 is 0 Å². The van der Waals surface area contributed by atoms with E-state index in [2.05, 4.69) is 10.3 Å². The molecule has 0 aliphatic carbocycles. The molecule has 0 unspecified atom stereocenters. The van der Waals surface area contributed by atoms with Crippen LogP contribution in [-0.2, 0) is 11.4 Å². The zero-order valence-electron chi connectivity index (χ0n) is 7.90. The van der Waals surface area contributed by atoms with Gasteiger partial charge in [0.1, 0.15) is 0 Å². The Bertz CT molecular complexity index is 318. The molecule has 0 radical (unpaired) electrons. The number of hydroxylamine groups is 1. The third-order valence-electron chi connectivity index (χ3n) is 1.97. The van der Waals surface area contributed by atoms with Crippen LogP contribution in [0.15, 0.2) is 6.07 Å². The normalized spacial score (nSPS) is 10.6. The summed E-state index contributed by atoms with van der Waals surface area (Å²) in [7, 11) is 1.44. The van der Waals surface area contributed by atoms with Gasteiger partial charge in [-0.15, -0.1) is 0 Å². The molecular weight excluding hydrogens is 209 g/mol. The zero-order chi connectivity index (χ0) is 10.7. The first kappa shape index (κ1) is 11.2. The first-order valence-electron chi connectivity index (χ1n) is 4.00. The summed E-state index contributed by atoms with van der Waals surface area (Å²) < 4.78 is 13.0. The van der Waals surface area contributed by atoms with Crippen molar-refractivity contribution < 1.29 is 14.3 Å². The predicted molar refractivity (Wildman–Crippen MR) is 51.7 cm³/mol. The van der Waals surface area contributed by atoms with Gasteiger partial charge in [-0.25, -0.2) is 4.39 Å². The molecule has 0 spiro atoms. The molecule has 1 aromatic rings. The van der Waals surface area contributed by atoms with Crippen molar-refractivity contribution in [2.75, 3.05) is 7.11 Å². The number of phenolic OH excluding ortho intramolecular Hbond substituents is 1. The van der Waals surface area contributed by atoms with Gasteiger partial charge in [0.15, 0.2) is 11.6 Å². The fourth-order valence-electron chi connectivity index (χ4n) is 1.11. The minimum Gasteiger partial charge on any atom is -0.505 e. The van der Waals surface area contributed by atoms with Crippen LogP contribution in [0.25, 0.3) is 0 Å². The van der Waals surface area contributed by atoms with Crippen molar-refractivity contribution in [2.45, 2.75) is 13.5 Å². The van der Waals surface area contributed by atoms with Crippen LogP contribution < -0.4 is 5.48 Å². The molecule has 0 atom stereocenters. The summed E-state index contributed by atoms with van der Waals surface area (Å²) in [6, 6.07) is 1.09. The Kier molecular flexibility index (Phi) is 3.69. The Morgan fingerprint density at radius 2 is 2.29 bits per heavy atom. The Labute approximate surface area is 86.4 Å². The van der Waals surface area contributed by atoms with Crippen LogP contribution >= 0.6 is 11.6 Å². The monoisotopic (exact) mass is 219 g/mol. The average molecular weight is 220 g/mol. The summed E-state index contributed by atoms with van der Waals surface area (Å²) in [5.74, 6) is -1.12. The first-order valence-corrected chi connectivity index (χ1v) is 4.38. The topological polar surface area (TPSA) is 41.5 Å². The van der Waals surface area contributed by atoms with E-state index >= 15 is 0 Å². The van der Waals surface area contributed by atoms with Crippen molar-refractivity contribution in [3.8, 4) is 5.75 Å². The number of benzene rings is 1. The SMILES string of the molecule is CONCc1c(C)c(Cl)cc(F)c1O. The molecule has 1 aromatic carbocycles. The van der Waals surface area contributed by atoms with E-state index in [1.165, 1.54) is 7.11 Å². The highest BCUT2D eigenvalue weighted by Crippen LogP contribution is 2.30. The molecule has 0 saturated heterocycles. The highest BCUT2D eigenvalue weighted by Gasteiger charge is 2.13. The summed E-state index contributed by atoms with van der Waals surface area (Å²) in [6.07, 6.45) is 0. The van der Waals surface area contributed by atoms with Crippen LogP contribution in [0.1, 0.15) is 11.1 Å². The molecule has 0 heterocycles. The number of rotatable bonds is 3. The number of hydrogen-bond donors (Lipinski definition) is 2. The lowest BCUT2D eigenvalue weighted by Gasteiger charge is -2.10. The van der Waals surface area contributed by atoms with E-state index in [4.69, 9.17) is 11.6 Å². The van der Waals surface area contributed by atoms with Crippen molar-refractivity contribution in [3.05, 3.63) is 28.0 Å². The van der Waals surface area contributed by atoms with Gasteiger partial charge in [-0.2, -0.15) is 5.48 Å². The number of hydrogen-bond acceptors (Lipinski definition) is 3. The van der Waals surface area contributed by atoms with Gasteiger partial charge in [0.2, 0.25) is 0 Å². The zero-order valence-corrected chi connectivity index (χ0v) is 8.65. The molecular formula is C9H11ClFNO2. The van der Waals surface area contributed by atoms with E-state index in [0.717, 1.165) is 6.07 Å². The van der Waals surface area contributed by atoms with Gasteiger partial charge in [0.25, 0.3) is 0 Å². The minimum atomic E-state index is -0.728. The van der Waals surface area contributed by atoms with Crippen molar-refractivity contribution in [1.29, 1.82) is 0 Å². The van der Waals surface area contributed by atoms with Gasteiger partial charge in [-0.1, -0.05) is 11.6 Å². The molecule has 3 nitrogen and oxygen atoms in total. The predicted octanol–water partition coefficient (Wildman–Crippen LogP) is 2.14. The molecule has 0 bridgehead atoms. The Balaban J connectivity index is 3.11. The molecule has 0 aromatic heterocycles. The fourth-order valence-corrected chi connectivity index (χ4v) is 1.32. The largest absolute Gasteiger partial charge is 0.505 e. The summed E-state index contributed by atoms with van der Waals surface area (Å²) in [4.78, 5) is 4.61. The van der Waals surface area contributed by atoms with Gasteiger partial charge in [-0.3, -0.25) is 0 Å². The lowest BCUT2D eigenvalue weighted by Crippen LogP contribution is -2.12. The van der Waals surface area contributed by atoms with Gasteiger partial charge < -0.3 is 9.94 Å². The number of phenols is 1. The van der Waals surface area contributed by atoms with Crippen molar-refractivity contribution in [3.63, 3.8) is 0 Å². The van der Waals surface area contributed by atoms with Gasteiger partial charge in [0.05, 0.1) is 13.7 Å². The second kappa shape index (κ2) is 4.59. The Morgan fingerprint density at radius 1 is 1.64 bits per heavy atom. The second-order valence-corrected chi connectivity index (χ2v) is 3.22. The average Bonchev–Trinajstić information content (AvgIpc) is 2.15. The van der Waals surface area contributed by atoms with E-state index in [0.29, 0.717) is 11.1 Å². The Hall–Kier alpha value is -0.840. The van der Waals surface area contributed by atoms with Crippen LogP contribution in [0.4, 0.5) is 4.39 Å². The van der Waals surface area contributed by atoms with Crippen LogP contribution in [0.3, 0.4) is 0 Å². The van der Waals surface area contributed by atoms with E-state index < -0.39 is 11.6 Å². The van der Waals surface area contributed by atoms with E-state index in [1.54, 1.807) is 6.92 Å². The molecule has 0 saturated carbocycles. The maximum absolute atomic E-state index is 13.0. The Morgan fingerprint density at radius 3 is 2.86 bits per heavy atom. The molecule has 1 rings (SSSR count). The number of nitrogens with one attached hydrogen (secondary N) is 1. The molecule has 0 amide bonds. The van der Waals surface area contributed by atoms with Crippen LogP contribution in [0.5, 0.6) is 5.75 Å². The third-order valence-corrected chi connectivity index (χ3v) is 2.36. The van der Waals surface area contributed by atoms with E-state index in [9.17, 15) is 9.50 Å². The summed E-state index contributed by atoms with van der Waals surface area (Å²) in [6.45, 7) is 1.90. The number of halogens is 2. The maximum atomic E-state index is 13.0. The van der Waals surface area contributed by atoms with E-state index in [-0.39, 0.29) is 11.6 Å². The van der Waals surface area contributed by atoms with Gasteiger partial charge in [-0.05, 0) is 18.6 Å². The molecule has 78 valence electrons. The lowest BCUT2D eigenvalue weighted by molar-refractivity contribution is 0.0859. The molecule has 5 heteroatoms. The highest BCUT2D eigenvalue weighted by atomic mass is 35.5. The van der Waals surface area contributed by atoms with Crippen molar-refractivity contribution >= 4 is 11.6 Å². The number of aromatic hydroxyl groups is 1. The lowest BCUT2D eigenvalue weighted by atomic mass is 10.1.